The van der Waals surface area contributed by atoms with Gasteiger partial charge in [-0.25, -0.2) is 14.1 Å². The quantitative estimate of drug-likeness (QED) is 0.235. The lowest BCUT2D eigenvalue weighted by Gasteiger charge is -2.31. The Kier molecular flexibility index (Phi) is 5.90. The van der Waals surface area contributed by atoms with Crippen molar-refractivity contribution >= 4 is 27.7 Å². The fraction of sp³-hybridized carbons (Fsp3) is 0.206. The zero-order valence-electron chi connectivity index (χ0n) is 23.8. The molecule has 3 aromatic heterocycles. The molecular weight excluding hydrogens is 531 g/mol. The molecule has 0 unspecified atom stereocenters. The topological polar surface area (TPSA) is 82.0 Å². The number of hydrogen-bond acceptors (Lipinski definition) is 5. The molecule has 6 aromatic rings. The zero-order valence-corrected chi connectivity index (χ0v) is 23.8. The lowest BCUT2D eigenvalue weighted by atomic mass is 9.73. The van der Waals surface area contributed by atoms with E-state index >= 15 is 0 Å². The molecule has 1 N–H and O–H groups in total. The van der Waals surface area contributed by atoms with E-state index in [-0.39, 0.29) is 17.0 Å². The molecule has 0 fully saturated rings. The molecule has 0 saturated heterocycles. The standard InChI is InChI=1S/C34H29FN4O3/c1-34(2)16-26-30(27(40)17-34)29(23-15-21(41-3)13-14-28(23)42-4)31-32(24-18-36-25-8-6-5-7-22(24)25)38-39(33(31)37-26)20-11-9-19(35)10-12-20/h5-15,18,36H,16-17H2,1-4H3. The second kappa shape index (κ2) is 9.55. The summed E-state index contributed by atoms with van der Waals surface area (Å²) in [6, 6.07) is 19.8. The Balaban J connectivity index is 1.69. The summed E-state index contributed by atoms with van der Waals surface area (Å²) in [5.41, 5.74) is 6.15. The number of carbonyl (C=O) groups is 1. The van der Waals surface area contributed by atoms with Gasteiger partial charge in [0.2, 0.25) is 0 Å². The number of ketones is 1. The molecule has 7 rings (SSSR count). The fourth-order valence-electron chi connectivity index (χ4n) is 6.16. The Labute approximate surface area is 241 Å². The predicted octanol–water partition coefficient (Wildman–Crippen LogP) is 7.55. The van der Waals surface area contributed by atoms with Crippen molar-refractivity contribution in [3.8, 4) is 39.6 Å². The van der Waals surface area contributed by atoms with Gasteiger partial charge in [0.15, 0.2) is 11.4 Å². The van der Waals surface area contributed by atoms with Gasteiger partial charge in [0.05, 0.1) is 31.0 Å². The number of halogens is 1. The third-order valence-electron chi connectivity index (χ3n) is 8.05. The number of para-hydroxylation sites is 1. The SMILES string of the molecule is COc1ccc(OC)c(-c2c3c(nc4c2c(-c2c[nH]c5ccccc25)nn4-c2ccc(F)cc2)CC(C)(C)CC3=O)c1. The number of Topliss-reactive ketones (excluding diaryl/α,β-unsaturated/α-hetero) is 1. The number of aromatic amines is 1. The molecular formula is C34H29FN4O3. The molecule has 8 heteroatoms. The first-order valence-corrected chi connectivity index (χ1v) is 13.8. The van der Waals surface area contributed by atoms with E-state index in [1.807, 2.05) is 48.7 Å². The molecule has 7 nitrogen and oxygen atoms in total. The van der Waals surface area contributed by atoms with E-state index in [4.69, 9.17) is 19.6 Å². The maximum Gasteiger partial charge on any atom is 0.165 e. The van der Waals surface area contributed by atoms with Gasteiger partial charge >= 0.3 is 0 Å². The highest BCUT2D eigenvalue weighted by Crippen LogP contribution is 2.48. The fourth-order valence-corrected chi connectivity index (χ4v) is 6.16. The Hall–Kier alpha value is -4.98. The number of nitrogens with zero attached hydrogens (tertiary/aromatic N) is 3. The van der Waals surface area contributed by atoms with E-state index < -0.39 is 0 Å². The maximum absolute atomic E-state index is 14.0. The minimum atomic E-state index is -0.341. The molecule has 0 radical (unpaired) electrons. The lowest BCUT2D eigenvalue weighted by molar-refractivity contribution is 0.0911. The third kappa shape index (κ3) is 4.05. The second-order valence-electron chi connectivity index (χ2n) is 11.5. The highest BCUT2D eigenvalue weighted by molar-refractivity contribution is 6.16. The highest BCUT2D eigenvalue weighted by Gasteiger charge is 2.37. The first-order valence-electron chi connectivity index (χ1n) is 13.8. The largest absolute Gasteiger partial charge is 0.497 e. The summed E-state index contributed by atoms with van der Waals surface area (Å²) < 4.78 is 27.2. The molecule has 0 bridgehead atoms. The number of hydrogen-bond donors (Lipinski definition) is 1. The molecule has 1 aliphatic rings. The number of H-pyrrole nitrogens is 1. The molecule has 42 heavy (non-hydrogen) atoms. The molecule has 0 saturated carbocycles. The van der Waals surface area contributed by atoms with Crippen LogP contribution >= 0.6 is 0 Å². The van der Waals surface area contributed by atoms with Gasteiger partial charge in [-0.05, 0) is 60.4 Å². The third-order valence-corrected chi connectivity index (χ3v) is 8.05. The molecule has 3 heterocycles. The first-order chi connectivity index (χ1) is 20.3. The summed E-state index contributed by atoms with van der Waals surface area (Å²) >= 11 is 0. The van der Waals surface area contributed by atoms with Crippen LogP contribution in [-0.2, 0) is 6.42 Å². The maximum atomic E-state index is 14.0. The molecule has 0 aliphatic heterocycles. The molecule has 3 aromatic carbocycles. The minimum absolute atomic E-state index is 0.0231. The van der Waals surface area contributed by atoms with Crippen LogP contribution in [-0.4, -0.2) is 39.8 Å². The van der Waals surface area contributed by atoms with Crippen molar-refractivity contribution in [2.24, 2.45) is 5.41 Å². The van der Waals surface area contributed by atoms with Crippen LogP contribution in [0.1, 0.15) is 36.3 Å². The number of methoxy groups -OCH3 is 2. The number of carbonyl (C=O) groups excluding carboxylic acids is 1. The summed E-state index contributed by atoms with van der Waals surface area (Å²) in [5, 5.41) is 6.82. The van der Waals surface area contributed by atoms with Crippen molar-refractivity contribution in [2.45, 2.75) is 26.7 Å². The van der Waals surface area contributed by atoms with Crippen LogP contribution in [0.15, 0.2) is 72.9 Å². The molecule has 0 spiro atoms. The number of pyridine rings is 1. The van der Waals surface area contributed by atoms with Crippen LogP contribution in [0.25, 0.3) is 50.0 Å². The predicted molar refractivity (Wildman–Crippen MR) is 161 cm³/mol. The average Bonchev–Trinajstić information content (AvgIpc) is 3.57. The summed E-state index contributed by atoms with van der Waals surface area (Å²) in [7, 11) is 3.23. The first kappa shape index (κ1) is 26.0. The summed E-state index contributed by atoms with van der Waals surface area (Å²) in [5.74, 6) is 0.914. The van der Waals surface area contributed by atoms with Gasteiger partial charge in [0, 0.05) is 45.8 Å². The Morgan fingerprint density at radius 2 is 1.71 bits per heavy atom. The normalized spacial score (nSPS) is 14.4. The van der Waals surface area contributed by atoms with Crippen LogP contribution in [0.3, 0.4) is 0 Å². The van der Waals surface area contributed by atoms with Gasteiger partial charge in [-0.3, -0.25) is 4.79 Å². The van der Waals surface area contributed by atoms with Gasteiger partial charge < -0.3 is 14.5 Å². The number of fused-ring (bicyclic) bond motifs is 3. The molecule has 0 amide bonds. The Morgan fingerprint density at radius 1 is 0.929 bits per heavy atom. The van der Waals surface area contributed by atoms with E-state index in [0.717, 1.165) is 16.5 Å². The van der Waals surface area contributed by atoms with Gasteiger partial charge in [0.25, 0.3) is 0 Å². The Bertz CT molecular complexity index is 2020. The Morgan fingerprint density at radius 3 is 2.48 bits per heavy atom. The number of nitrogens with one attached hydrogen (secondary N) is 1. The van der Waals surface area contributed by atoms with E-state index in [9.17, 15) is 9.18 Å². The zero-order chi connectivity index (χ0) is 29.2. The van der Waals surface area contributed by atoms with Gasteiger partial charge in [-0.2, -0.15) is 5.10 Å². The van der Waals surface area contributed by atoms with Crippen molar-refractivity contribution in [1.29, 1.82) is 0 Å². The lowest BCUT2D eigenvalue weighted by Crippen LogP contribution is -2.28. The highest BCUT2D eigenvalue weighted by atomic mass is 19.1. The molecule has 1 aliphatic carbocycles. The number of ether oxygens (including phenoxy) is 2. The average molecular weight is 561 g/mol. The van der Waals surface area contributed by atoms with Crippen LogP contribution in [0, 0.1) is 11.2 Å². The van der Waals surface area contributed by atoms with Crippen molar-refractivity contribution < 1.29 is 18.7 Å². The van der Waals surface area contributed by atoms with E-state index in [2.05, 4.69) is 18.8 Å². The molecule has 210 valence electrons. The second-order valence-corrected chi connectivity index (χ2v) is 11.5. The van der Waals surface area contributed by atoms with Crippen LogP contribution in [0.5, 0.6) is 11.5 Å². The van der Waals surface area contributed by atoms with Crippen LogP contribution in [0.2, 0.25) is 0 Å². The summed E-state index contributed by atoms with van der Waals surface area (Å²) in [6.45, 7) is 4.17. The number of aromatic nitrogens is 4. The minimum Gasteiger partial charge on any atom is -0.497 e. The van der Waals surface area contributed by atoms with Gasteiger partial charge in [0.1, 0.15) is 23.0 Å². The van der Waals surface area contributed by atoms with Crippen LogP contribution in [0.4, 0.5) is 4.39 Å². The van der Waals surface area contributed by atoms with Crippen molar-refractivity contribution in [3.63, 3.8) is 0 Å². The summed E-state index contributed by atoms with van der Waals surface area (Å²) in [6.07, 6.45) is 2.93. The van der Waals surface area contributed by atoms with Gasteiger partial charge in [-0.1, -0.05) is 32.0 Å². The van der Waals surface area contributed by atoms with E-state index in [1.165, 1.54) is 12.1 Å². The van der Waals surface area contributed by atoms with E-state index in [0.29, 0.717) is 69.1 Å². The van der Waals surface area contributed by atoms with E-state index in [1.54, 1.807) is 31.0 Å². The molecule has 0 atom stereocenters. The summed E-state index contributed by atoms with van der Waals surface area (Å²) in [4.78, 5) is 22.5. The van der Waals surface area contributed by atoms with Gasteiger partial charge in [-0.15, -0.1) is 0 Å². The smallest absolute Gasteiger partial charge is 0.165 e. The number of rotatable bonds is 5. The van der Waals surface area contributed by atoms with Crippen molar-refractivity contribution in [2.75, 3.05) is 14.2 Å². The van der Waals surface area contributed by atoms with Crippen molar-refractivity contribution in [3.05, 3.63) is 90.0 Å². The van der Waals surface area contributed by atoms with Crippen LogP contribution < -0.4 is 9.47 Å². The number of benzene rings is 3. The monoisotopic (exact) mass is 560 g/mol. The van der Waals surface area contributed by atoms with Crippen molar-refractivity contribution in [1.82, 2.24) is 19.7 Å².